The Bertz CT molecular complexity index is 1230. The molecule has 0 aromatic heterocycles. The highest BCUT2D eigenvalue weighted by atomic mass is 35.5. The summed E-state index contributed by atoms with van der Waals surface area (Å²) in [5, 5.41) is 3.63. The quantitative estimate of drug-likeness (QED) is 0.399. The Hall–Kier alpha value is -2.58. The molecule has 1 fully saturated rings. The third-order valence-corrected chi connectivity index (χ3v) is 8.80. The molecular formula is C29H40ClN3O4S. The van der Waals surface area contributed by atoms with Crippen molar-refractivity contribution in [2.75, 3.05) is 17.1 Å². The Labute approximate surface area is 232 Å². The van der Waals surface area contributed by atoms with E-state index in [-0.39, 0.29) is 30.8 Å². The van der Waals surface area contributed by atoms with Gasteiger partial charge in [-0.3, -0.25) is 13.9 Å². The number of hydrogen-bond acceptors (Lipinski definition) is 4. The maximum absolute atomic E-state index is 13.5. The maximum Gasteiger partial charge on any atom is 0.242 e. The third kappa shape index (κ3) is 8.21. The van der Waals surface area contributed by atoms with E-state index in [0.29, 0.717) is 29.2 Å². The summed E-state index contributed by atoms with van der Waals surface area (Å²) < 4.78 is 26.5. The number of nitrogens with zero attached hydrogens (tertiary/aromatic N) is 2. The molecule has 0 unspecified atom stereocenters. The SMILES string of the molecule is Cc1cccc(CN(C(=O)CCCN(c2cccc(Cl)c2C)S(C)(=O)=O)[C@@H](C)C(=O)NC2CCCCC2)c1. The van der Waals surface area contributed by atoms with Gasteiger partial charge >= 0.3 is 0 Å². The van der Waals surface area contributed by atoms with Crippen LogP contribution in [0.3, 0.4) is 0 Å². The molecular weight excluding hydrogens is 522 g/mol. The predicted molar refractivity (Wildman–Crippen MR) is 154 cm³/mol. The number of anilines is 1. The van der Waals surface area contributed by atoms with E-state index in [1.165, 1.54) is 10.7 Å². The van der Waals surface area contributed by atoms with Crippen LogP contribution >= 0.6 is 11.6 Å². The molecule has 0 spiro atoms. The first kappa shape index (κ1) is 30.0. The van der Waals surface area contributed by atoms with E-state index in [0.717, 1.165) is 43.1 Å². The molecule has 1 saturated carbocycles. The zero-order valence-electron chi connectivity index (χ0n) is 22.9. The Morgan fingerprint density at radius 3 is 2.42 bits per heavy atom. The zero-order valence-corrected chi connectivity index (χ0v) is 24.4. The molecule has 1 aliphatic carbocycles. The van der Waals surface area contributed by atoms with Gasteiger partial charge in [-0.15, -0.1) is 0 Å². The van der Waals surface area contributed by atoms with Crippen LogP contribution in [0, 0.1) is 13.8 Å². The summed E-state index contributed by atoms with van der Waals surface area (Å²) in [5.41, 5.74) is 3.20. The van der Waals surface area contributed by atoms with E-state index in [1.807, 2.05) is 31.2 Å². The maximum atomic E-state index is 13.5. The standard InChI is InChI=1S/C29H40ClN3O4S/c1-21-11-8-12-24(19-21)20-32(23(3)29(35)31-25-13-6-5-7-14-25)28(34)17-10-18-33(38(4,36)37)27-16-9-15-26(30)22(27)2/h8-9,11-12,15-16,19,23,25H,5-7,10,13-14,17-18,20H2,1-4H3,(H,31,35)/t23-/m0/s1. The second kappa shape index (κ2) is 13.5. The molecule has 2 aromatic carbocycles. The first-order valence-corrected chi connectivity index (χ1v) is 15.6. The Morgan fingerprint density at radius 1 is 1.08 bits per heavy atom. The molecule has 1 aliphatic rings. The van der Waals surface area contributed by atoms with Crippen molar-refractivity contribution in [3.05, 3.63) is 64.2 Å². The van der Waals surface area contributed by atoms with E-state index in [4.69, 9.17) is 11.6 Å². The van der Waals surface area contributed by atoms with E-state index >= 15 is 0 Å². The summed E-state index contributed by atoms with van der Waals surface area (Å²) in [6.07, 6.45) is 6.90. The smallest absolute Gasteiger partial charge is 0.242 e. The van der Waals surface area contributed by atoms with Crippen molar-refractivity contribution in [3.8, 4) is 0 Å². The lowest BCUT2D eigenvalue weighted by Gasteiger charge is -2.31. The molecule has 0 radical (unpaired) electrons. The molecule has 0 aliphatic heterocycles. The van der Waals surface area contributed by atoms with Crippen LogP contribution in [0.4, 0.5) is 5.69 Å². The van der Waals surface area contributed by atoms with Crippen LogP contribution in [0.25, 0.3) is 0 Å². The highest BCUT2D eigenvalue weighted by Crippen LogP contribution is 2.28. The van der Waals surface area contributed by atoms with Gasteiger partial charge in [0.25, 0.3) is 0 Å². The Balaban J connectivity index is 1.74. The number of nitrogens with one attached hydrogen (secondary N) is 1. The minimum atomic E-state index is -3.59. The normalized spacial score (nSPS) is 15.1. The molecule has 38 heavy (non-hydrogen) atoms. The van der Waals surface area contributed by atoms with Gasteiger partial charge in [0.05, 0.1) is 11.9 Å². The number of benzene rings is 2. The minimum absolute atomic E-state index is 0.110. The van der Waals surface area contributed by atoms with E-state index < -0.39 is 16.1 Å². The first-order chi connectivity index (χ1) is 18.0. The fourth-order valence-corrected chi connectivity index (χ4v) is 6.19. The Morgan fingerprint density at radius 2 is 1.76 bits per heavy atom. The summed E-state index contributed by atoms with van der Waals surface area (Å²) in [4.78, 5) is 28.3. The lowest BCUT2D eigenvalue weighted by Crippen LogP contribution is -2.50. The number of hydrogen-bond donors (Lipinski definition) is 1. The van der Waals surface area contributed by atoms with Crippen molar-refractivity contribution in [2.45, 2.75) is 84.3 Å². The van der Waals surface area contributed by atoms with Crippen LogP contribution in [0.15, 0.2) is 42.5 Å². The van der Waals surface area contributed by atoms with Gasteiger partial charge in [0, 0.05) is 30.6 Å². The van der Waals surface area contributed by atoms with Crippen molar-refractivity contribution in [3.63, 3.8) is 0 Å². The highest BCUT2D eigenvalue weighted by Gasteiger charge is 2.28. The molecule has 9 heteroatoms. The average Bonchev–Trinajstić information content (AvgIpc) is 2.86. The van der Waals surface area contributed by atoms with E-state index in [2.05, 4.69) is 5.32 Å². The Kier molecular flexibility index (Phi) is 10.6. The number of halogens is 1. The fraction of sp³-hybridized carbons (Fsp3) is 0.517. The van der Waals surface area contributed by atoms with Gasteiger partial charge in [-0.25, -0.2) is 8.42 Å². The van der Waals surface area contributed by atoms with Crippen LogP contribution in [0.2, 0.25) is 5.02 Å². The lowest BCUT2D eigenvalue weighted by molar-refractivity contribution is -0.141. The van der Waals surface area contributed by atoms with Crippen LogP contribution < -0.4 is 9.62 Å². The molecule has 2 amide bonds. The molecule has 2 aromatic rings. The van der Waals surface area contributed by atoms with Crippen LogP contribution in [-0.4, -0.2) is 50.0 Å². The highest BCUT2D eigenvalue weighted by molar-refractivity contribution is 7.92. The average molecular weight is 562 g/mol. The molecule has 1 atom stereocenters. The number of carbonyl (C=O) groups is 2. The van der Waals surface area contributed by atoms with Crippen molar-refractivity contribution >= 4 is 39.1 Å². The molecule has 0 saturated heterocycles. The summed E-state index contributed by atoms with van der Waals surface area (Å²) in [6, 6.07) is 12.5. The number of aryl methyl sites for hydroxylation is 1. The van der Waals surface area contributed by atoms with E-state index in [9.17, 15) is 18.0 Å². The number of sulfonamides is 1. The van der Waals surface area contributed by atoms with Gasteiger partial charge in [-0.2, -0.15) is 0 Å². The zero-order chi connectivity index (χ0) is 27.9. The third-order valence-electron chi connectivity index (χ3n) is 7.21. The van der Waals surface area contributed by atoms with Crippen molar-refractivity contribution in [1.29, 1.82) is 0 Å². The fourth-order valence-electron chi connectivity index (χ4n) is 5.01. The van der Waals surface area contributed by atoms with Gasteiger partial charge in [-0.1, -0.05) is 66.8 Å². The van der Waals surface area contributed by atoms with Crippen LogP contribution in [0.5, 0.6) is 0 Å². The second-order valence-electron chi connectivity index (χ2n) is 10.4. The predicted octanol–water partition coefficient (Wildman–Crippen LogP) is 5.37. The van der Waals surface area contributed by atoms with Crippen molar-refractivity contribution in [1.82, 2.24) is 10.2 Å². The van der Waals surface area contributed by atoms with Crippen molar-refractivity contribution < 1.29 is 18.0 Å². The van der Waals surface area contributed by atoms with Gasteiger partial charge in [0.15, 0.2) is 0 Å². The topological polar surface area (TPSA) is 86.8 Å². The minimum Gasteiger partial charge on any atom is -0.352 e. The second-order valence-corrected chi connectivity index (χ2v) is 12.7. The van der Waals surface area contributed by atoms with Gasteiger partial charge in [-0.05, 0) is 63.3 Å². The van der Waals surface area contributed by atoms with Crippen LogP contribution in [-0.2, 0) is 26.2 Å². The summed E-state index contributed by atoms with van der Waals surface area (Å²) in [6.45, 7) is 5.98. The lowest BCUT2D eigenvalue weighted by atomic mass is 9.95. The molecule has 0 heterocycles. The van der Waals surface area contributed by atoms with Crippen LogP contribution in [0.1, 0.15) is 68.6 Å². The van der Waals surface area contributed by atoms with E-state index in [1.54, 1.807) is 36.9 Å². The number of amides is 2. The molecule has 1 N–H and O–H groups in total. The summed E-state index contributed by atoms with van der Waals surface area (Å²) in [5.74, 6) is -0.334. The van der Waals surface area contributed by atoms with Gasteiger partial charge in [0.2, 0.25) is 21.8 Å². The molecule has 7 nitrogen and oxygen atoms in total. The number of rotatable bonds is 11. The molecule has 0 bridgehead atoms. The largest absolute Gasteiger partial charge is 0.352 e. The summed E-state index contributed by atoms with van der Waals surface area (Å²) in [7, 11) is -3.59. The van der Waals surface area contributed by atoms with Crippen molar-refractivity contribution in [2.24, 2.45) is 0 Å². The summed E-state index contributed by atoms with van der Waals surface area (Å²) >= 11 is 6.24. The molecule has 208 valence electrons. The van der Waals surface area contributed by atoms with Gasteiger partial charge < -0.3 is 10.2 Å². The monoisotopic (exact) mass is 561 g/mol. The van der Waals surface area contributed by atoms with Gasteiger partial charge in [0.1, 0.15) is 6.04 Å². The molecule has 3 rings (SSSR count). The first-order valence-electron chi connectivity index (χ1n) is 13.4. The number of carbonyl (C=O) groups excluding carboxylic acids is 2.